The van der Waals surface area contributed by atoms with E-state index in [1.54, 1.807) is 6.92 Å². The third-order valence-electron chi connectivity index (χ3n) is 3.95. The quantitative estimate of drug-likeness (QED) is 0.873. The number of carboxylic acid groups (broad SMARTS) is 1. The van der Waals surface area contributed by atoms with Gasteiger partial charge in [0.25, 0.3) is 0 Å². The van der Waals surface area contributed by atoms with E-state index in [1.165, 1.54) is 18.2 Å². The molecule has 2 unspecified atom stereocenters. The molecule has 0 radical (unpaired) electrons. The van der Waals surface area contributed by atoms with E-state index in [0.29, 0.717) is 19.3 Å². The van der Waals surface area contributed by atoms with Crippen LogP contribution in [-0.4, -0.2) is 25.5 Å². The molecule has 0 aromatic heterocycles. The van der Waals surface area contributed by atoms with Crippen LogP contribution in [0.5, 0.6) is 0 Å². The van der Waals surface area contributed by atoms with Gasteiger partial charge in [-0.05, 0) is 38.0 Å². The van der Waals surface area contributed by atoms with Gasteiger partial charge < -0.3 is 5.11 Å². The zero-order chi connectivity index (χ0) is 15.8. The maximum Gasteiger partial charge on any atom is 0.310 e. The molecule has 1 aliphatic rings. The first kappa shape index (κ1) is 16.5. The van der Waals surface area contributed by atoms with Crippen molar-refractivity contribution in [3.8, 4) is 0 Å². The predicted octanol–water partition coefficient (Wildman–Crippen LogP) is 2.92. The number of halogens is 2. The number of rotatable bonds is 4. The number of benzene rings is 1. The molecule has 21 heavy (non-hydrogen) atoms. The van der Waals surface area contributed by atoms with Crippen LogP contribution in [-0.2, 0) is 14.8 Å². The van der Waals surface area contributed by atoms with Gasteiger partial charge in [0.15, 0.2) is 0 Å². The maximum absolute atomic E-state index is 12.4. The van der Waals surface area contributed by atoms with Crippen molar-refractivity contribution in [1.29, 1.82) is 0 Å². The highest BCUT2D eigenvalue weighted by Crippen LogP contribution is 2.39. The molecule has 0 amide bonds. The van der Waals surface area contributed by atoms with Crippen molar-refractivity contribution >= 4 is 39.2 Å². The van der Waals surface area contributed by atoms with Crippen LogP contribution in [0.4, 0.5) is 0 Å². The van der Waals surface area contributed by atoms with Gasteiger partial charge in [-0.1, -0.05) is 29.6 Å². The normalized spacial score (nSPS) is 26.0. The van der Waals surface area contributed by atoms with Crippen LogP contribution in [0.15, 0.2) is 23.1 Å². The Morgan fingerprint density at radius 1 is 1.38 bits per heavy atom. The molecule has 2 rings (SSSR count). The lowest BCUT2D eigenvalue weighted by Crippen LogP contribution is -2.46. The van der Waals surface area contributed by atoms with Crippen molar-refractivity contribution in [2.75, 3.05) is 0 Å². The molecule has 8 heteroatoms. The van der Waals surface area contributed by atoms with Gasteiger partial charge in [-0.2, -0.15) is 0 Å². The molecule has 0 spiro atoms. The summed E-state index contributed by atoms with van der Waals surface area (Å²) in [6.45, 7) is 1.56. The van der Waals surface area contributed by atoms with E-state index in [0.717, 1.165) is 0 Å². The first-order valence-electron chi connectivity index (χ1n) is 6.37. The third kappa shape index (κ3) is 3.18. The Balaban J connectivity index is 2.29. The second-order valence-electron chi connectivity index (χ2n) is 5.36. The summed E-state index contributed by atoms with van der Waals surface area (Å²) in [6.07, 6.45) is 1.59. The van der Waals surface area contributed by atoms with Crippen LogP contribution < -0.4 is 4.72 Å². The maximum atomic E-state index is 12.4. The molecule has 1 saturated carbocycles. The molecule has 1 aromatic rings. The molecular formula is C13H15Cl2NO4S. The second kappa shape index (κ2) is 5.76. The van der Waals surface area contributed by atoms with Gasteiger partial charge in [0.2, 0.25) is 10.0 Å². The Morgan fingerprint density at radius 3 is 2.62 bits per heavy atom. The molecule has 0 heterocycles. The standard InChI is InChI=1S/C13H15Cl2NO4S/c1-13(12(17)18)6-2-3-11(13)16-21(19,20)8-4-5-9(14)10(15)7-8/h4-5,7,11,16H,2-3,6H2,1H3,(H,17,18). The van der Waals surface area contributed by atoms with Gasteiger partial charge in [-0.25, -0.2) is 13.1 Å². The van der Waals surface area contributed by atoms with Gasteiger partial charge in [0, 0.05) is 6.04 Å². The number of hydrogen-bond donors (Lipinski definition) is 2. The van der Waals surface area contributed by atoms with E-state index < -0.39 is 27.4 Å². The van der Waals surface area contributed by atoms with E-state index in [1.807, 2.05) is 0 Å². The predicted molar refractivity (Wildman–Crippen MR) is 80.2 cm³/mol. The number of carbonyl (C=O) groups is 1. The van der Waals surface area contributed by atoms with E-state index in [4.69, 9.17) is 23.2 Å². The summed E-state index contributed by atoms with van der Waals surface area (Å²) in [4.78, 5) is 11.4. The van der Waals surface area contributed by atoms with Gasteiger partial charge in [-0.3, -0.25) is 4.79 Å². The van der Waals surface area contributed by atoms with Crippen LogP contribution in [0.3, 0.4) is 0 Å². The van der Waals surface area contributed by atoms with E-state index in [-0.39, 0.29) is 14.9 Å². The summed E-state index contributed by atoms with van der Waals surface area (Å²) < 4.78 is 27.2. The van der Waals surface area contributed by atoms with Crippen LogP contribution in [0, 0.1) is 5.41 Å². The molecule has 2 N–H and O–H groups in total. The van der Waals surface area contributed by atoms with Crippen molar-refractivity contribution in [3.05, 3.63) is 28.2 Å². The van der Waals surface area contributed by atoms with Gasteiger partial charge in [-0.15, -0.1) is 0 Å². The molecule has 1 fully saturated rings. The molecule has 0 bridgehead atoms. The highest BCUT2D eigenvalue weighted by atomic mass is 35.5. The average molecular weight is 352 g/mol. The Bertz CT molecular complexity index is 677. The molecule has 1 aromatic carbocycles. The van der Waals surface area contributed by atoms with Crippen LogP contribution in [0.25, 0.3) is 0 Å². The number of nitrogens with one attached hydrogen (secondary N) is 1. The highest BCUT2D eigenvalue weighted by Gasteiger charge is 2.46. The second-order valence-corrected chi connectivity index (χ2v) is 7.89. The zero-order valence-electron chi connectivity index (χ0n) is 11.3. The fourth-order valence-corrected chi connectivity index (χ4v) is 4.28. The van der Waals surface area contributed by atoms with Gasteiger partial charge in [0.05, 0.1) is 20.4 Å². The summed E-state index contributed by atoms with van der Waals surface area (Å²) >= 11 is 11.6. The monoisotopic (exact) mass is 351 g/mol. The smallest absolute Gasteiger partial charge is 0.310 e. The molecule has 0 aliphatic heterocycles. The molecular weight excluding hydrogens is 337 g/mol. The lowest BCUT2D eigenvalue weighted by atomic mass is 9.85. The van der Waals surface area contributed by atoms with Crippen LogP contribution in [0.2, 0.25) is 10.0 Å². The first-order chi connectivity index (χ1) is 9.67. The summed E-state index contributed by atoms with van der Waals surface area (Å²) in [6, 6.07) is 3.33. The van der Waals surface area contributed by atoms with Crippen molar-refractivity contribution in [2.45, 2.75) is 37.1 Å². The lowest BCUT2D eigenvalue weighted by Gasteiger charge is -2.27. The minimum Gasteiger partial charge on any atom is -0.481 e. The van der Waals surface area contributed by atoms with E-state index >= 15 is 0 Å². The van der Waals surface area contributed by atoms with Crippen molar-refractivity contribution in [1.82, 2.24) is 4.72 Å². The minimum absolute atomic E-state index is 0.0310. The molecule has 116 valence electrons. The Kier molecular flexibility index (Phi) is 4.54. The minimum atomic E-state index is -3.84. The Morgan fingerprint density at radius 2 is 2.05 bits per heavy atom. The topological polar surface area (TPSA) is 83.5 Å². The van der Waals surface area contributed by atoms with E-state index in [2.05, 4.69) is 4.72 Å². The summed E-state index contributed by atoms with van der Waals surface area (Å²) in [5.41, 5.74) is -1.09. The van der Waals surface area contributed by atoms with Crippen molar-refractivity contribution in [3.63, 3.8) is 0 Å². The summed E-state index contributed by atoms with van der Waals surface area (Å²) in [5.74, 6) is -0.998. The molecule has 5 nitrogen and oxygen atoms in total. The van der Waals surface area contributed by atoms with Crippen molar-refractivity contribution < 1.29 is 18.3 Å². The average Bonchev–Trinajstić information content (AvgIpc) is 2.75. The first-order valence-corrected chi connectivity index (χ1v) is 8.61. The number of sulfonamides is 1. The number of aliphatic carboxylic acids is 1. The summed E-state index contributed by atoms with van der Waals surface area (Å²) in [7, 11) is -3.84. The molecule has 2 atom stereocenters. The lowest BCUT2D eigenvalue weighted by molar-refractivity contribution is -0.148. The molecule has 1 aliphatic carbocycles. The third-order valence-corrected chi connectivity index (χ3v) is 6.15. The van der Waals surface area contributed by atoms with Crippen LogP contribution >= 0.6 is 23.2 Å². The highest BCUT2D eigenvalue weighted by molar-refractivity contribution is 7.89. The SMILES string of the molecule is CC1(C(=O)O)CCCC1NS(=O)(=O)c1ccc(Cl)c(Cl)c1. The number of hydrogen-bond acceptors (Lipinski definition) is 3. The van der Waals surface area contributed by atoms with Crippen molar-refractivity contribution in [2.24, 2.45) is 5.41 Å². The number of carboxylic acids is 1. The van der Waals surface area contributed by atoms with Gasteiger partial charge >= 0.3 is 5.97 Å². The summed E-state index contributed by atoms with van der Waals surface area (Å²) in [5, 5.41) is 9.71. The largest absolute Gasteiger partial charge is 0.481 e. The fourth-order valence-electron chi connectivity index (χ4n) is 2.51. The molecule has 0 saturated heterocycles. The Labute approximate surface area is 133 Å². The van der Waals surface area contributed by atoms with Gasteiger partial charge in [0.1, 0.15) is 0 Å². The van der Waals surface area contributed by atoms with E-state index in [9.17, 15) is 18.3 Å². The fraction of sp³-hybridized carbons (Fsp3) is 0.462. The van der Waals surface area contributed by atoms with Crippen LogP contribution in [0.1, 0.15) is 26.2 Å². The zero-order valence-corrected chi connectivity index (χ0v) is 13.6. The Hall–Kier alpha value is -0.820.